The highest BCUT2D eigenvalue weighted by atomic mass is 16.2. The van der Waals surface area contributed by atoms with E-state index >= 15 is 0 Å². The molecule has 2 amide bonds. The highest BCUT2D eigenvalue weighted by Gasteiger charge is 2.30. The van der Waals surface area contributed by atoms with Crippen LogP contribution in [0.4, 0.5) is 10.6 Å². The minimum atomic E-state index is -0.156. The first kappa shape index (κ1) is 14.1. The predicted molar refractivity (Wildman–Crippen MR) is 79.9 cm³/mol. The van der Waals surface area contributed by atoms with Gasteiger partial charge in [-0.2, -0.15) is 10.4 Å². The Hall–Kier alpha value is -2.88. The summed E-state index contributed by atoms with van der Waals surface area (Å²) >= 11 is 0. The number of carbonyl (C=O) groups excluding carboxylic acids is 1. The van der Waals surface area contributed by atoms with Crippen LogP contribution in [-0.4, -0.2) is 38.8 Å². The summed E-state index contributed by atoms with van der Waals surface area (Å²) in [5, 5.41) is 15.7. The van der Waals surface area contributed by atoms with Crippen molar-refractivity contribution in [2.45, 2.75) is 13.0 Å². The highest BCUT2D eigenvalue weighted by molar-refractivity contribution is 5.88. The van der Waals surface area contributed by atoms with Crippen molar-refractivity contribution >= 4 is 11.8 Å². The van der Waals surface area contributed by atoms with E-state index in [0.29, 0.717) is 37.8 Å². The number of likely N-dealkylation sites (tertiary alicyclic amines) is 1. The SMILES string of the molecule is N#CCC1CN(C(=O)Nc2ccnn2Cc2ccccn2)C1. The summed E-state index contributed by atoms with van der Waals surface area (Å²) in [5.41, 5.74) is 0.875. The Kier molecular flexibility index (Phi) is 4.01. The fraction of sp³-hybridized carbons (Fsp3) is 0.333. The number of nitrogens with one attached hydrogen (secondary N) is 1. The van der Waals surface area contributed by atoms with Gasteiger partial charge in [0.05, 0.1) is 24.5 Å². The molecule has 7 nitrogen and oxygen atoms in total. The van der Waals surface area contributed by atoms with E-state index < -0.39 is 0 Å². The number of hydrogen-bond donors (Lipinski definition) is 1. The minimum absolute atomic E-state index is 0.156. The van der Waals surface area contributed by atoms with E-state index in [1.54, 1.807) is 28.0 Å². The lowest BCUT2D eigenvalue weighted by Crippen LogP contribution is -2.51. The maximum Gasteiger partial charge on any atom is 0.323 e. The van der Waals surface area contributed by atoms with Gasteiger partial charge in [-0.1, -0.05) is 6.07 Å². The summed E-state index contributed by atoms with van der Waals surface area (Å²) in [5.74, 6) is 0.938. The molecule has 0 radical (unpaired) electrons. The molecule has 7 heteroatoms. The zero-order chi connectivity index (χ0) is 15.4. The van der Waals surface area contributed by atoms with Crippen molar-refractivity contribution in [2.75, 3.05) is 18.4 Å². The van der Waals surface area contributed by atoms with E-state index in [2.05, 4.69) is 21.5 Å². The molecule has 1 saturated heterocycles. The molecule has 1 N–H and O–H groups in total. The Bertz CT molecular complexity index is 684. The van der Waals surface area contributed by atoms with E-state index in [4.69, 9.17) is 5.26 Å². The van der Waals surface area contributed by atoms with Crippen LogP contribution in [0.2, 0.25) is 0 Å². The number of nitriles is 1. The van der Waals surface area contributed by atoms with Crippen molar-refractivity contribution in [3.8, 4) is 6.07 Å². The predicted octanol–water partition coefficient (Wildman–Crippen LogP) is 1.70. The lowest BCUT2D eigenvalue weighted by atomic mass is 9.98. The number of pyridine rings is 1. The first-order valence-electron chi connectivity index (χ1n) is 7.11. The molecule has 1 fully saturated rings. The molecule has 22 heavy (non-hydrogen) atoms. The van der Waals surface area contributed by atoms with Crippen LogP contribution in [0.3, 0.4) is 0 Å². The average Bonchev–Trinajstić information content (AvgIpc) is 2.90. The van der Waals surface area contributed by atoms with Gasteiger partial charge in [0.1, 0.15) is 5.82 Å². The van der Waals surface area contributed by atoms with Gasteiger partial charge in [-0.05, 0) is 12.1 Å². The molecule has 0 aromatic carbocycles. The maximum absolute atomic E-state index is 12.1. The lowest BCUT2D eigenvalue weighted by molar-refractivity contribution is 0.133. The standard InChI is InChI=1S/C15H16N6O/c16-6-4-12-9-20(10-12)15(22)19-14-5-8-18-21(14)11-13-3-1-2-7-17-13/h1-3,5,7-8,12H,4,9-11H2,(H,19,22). The van der Waals surface area contributed by atoms with Crippen molar-refractivity contribution in [3.05, 3.63) is 42.4 Å². The van der Waals surface area contributed by atoms with Gasteiger partial charge in [0.15, 0.2) is 0 Å². The molecule has 1 aliphatic rings. The van der Waals surface area contributed by atoms with Gasteiger partial charge >= 0.3 is 6.03 Å². The molecule has 0 bridgehead atoms. The molecule has 0 spiro atoms. The molecule has 0 saturated carbocycles. The number of hydrogen-bond acceptors (Lipinski definition) is 4. The van der Waals surface area contributed by atoms with Crippen molar-refractivity contribution < 1.29 is 4.79 Å². The summed E-state index contributed by atoms with van der Waals surface area (Å²) in [7, 11) is 0. The van der Waals surface area contributed by atoms with Crippen molar-refractivity contribution in [1.29, 1.82) is 5.26 Å². The second kappa shape index (κ2) is 6.26. The molecular weight excluding hydrogens is 280 g/mol. The van der Waals surface area contributed by atoms with Gasteiger partial charge in [-0.3, -0.25) is 10.3 Å². The van der Waals surface area contributed by atoms with Gasteiger partial charge in [-0.25, -0.2) is 9.48 Å². The van der Waals surface area contributed by atoms with E-state index in [9.17, 15) is 4.79 Å². The fourth-order valence-corrected chi connectivity index (χ4v) is 2.39. The Morgan fingerprint density at radius 1 is 1.36 bits per heavy atom. The van der Waals surface area contributed by atoms with Crippen LogP contribution in [0.5, 0.6) is 0 Å². The normalized spacial score (nSPS) is 14.2. The second-order valence-corrected chi connectivity index (χ2v) is 5.26. The topological polar surface area (TPSA) is 86.8 Å². The Labute approximate surface area is 128 Å². The summed E-state index contributed by atoms with van der Waals surface area (Å²) in [6.07, 6.45) is 3.88. The van der Waals surface area contributed by atoms with Gasteiger partial charge in [0.2, 0.25) is 0 Å². The summed E-state index contributed by atoms with van der Waals surface area (Å²) < 4.78 is 1.70. The molecule has 2 aromatic rings. The monoisotopic (exact) mass is 296 g/mol. The number of urea groups is 1. The van der Waals surface area contributed by atoms with Crippen LogP contribution in [0.15, 0.2) is 36.7 Å². The minimum Gasteiger partial charge on any atom is -0.324 e. The van der Waals surface area contributed by atoms with Crippen molar-refractivity contribution in [1.82, 2.24) is 19.7 Å². The third-order valence-corrected chi connectivity index (χ3v) is 3.61. The molecule has 2 aromatic heterocycles. The van der Waals surface area contributed by atoms with Gasteiger partial charge in [0.25, 0.3) is 0 Å². The molecule has 3 heterocycles. The molecule has 0 unspecified atom stereocenters. The first-order valence-corrected chi connectivity index (χ1v) is 7.11. The number of carbonyl (C=O) groups is 1. The summed E-state index contributed by atoms with van der Waals surface area (Å²) in [4.78, 5) is 18.1. The molecular formula is C15H16N6O. The fourth-order valence-electron chi connectivity index (χ4n) is 2.39. The van der Waals surface area contributed by atoms with E-state index in [-0.39, 0.29) is 6.03 Å². The number of aromatic nitrogens is 3. The number of anilines is 1. The Morgan fingerprint density at radius 3 is 2.95 bits per heavy atom. The lowest BCUT2D eigenvalue weighted by Gasteiger charge is -2.37. The third-order valence-electron chi connectivity index (χ3n) is 3.61. The van der Waals surface area contributed by atoms with Gasteiger partial charge in [-0.15, -0.1) is 0 Å². The van der Waals surface area contributed by atoms with Crippen molar-refractivity contribution in [3.63, 3.8) is 0 Å². The van der Waals surface area contributed by atoms with Crippen LogP contribution in [0.1, 0.15) is 12.1 Å². The van der Waals surface area contributed by atoms with Crippen LogP contribution in [-0.2, 0) is 6.54 Å². The van der Waals surface area contributed by atoms with E-state index in [1.807, 2.05) is 18.2 Å². The largest absolute Gasteiger partial charge is 0.324 e. The third kappa shape index (κ3) is 3.06. The van der Waals surface area contributed by atoms with Crippen LogP contribution >= 0.6 is 0 Å². The molecule has 0 atom stereocenters. The van der Waals surface area contributed by atoms with E-state index in [0.717, 1.165) is 5.69 Å². The first-order chi connectivity index (χ1) is 10.8. The average molecular weight is 296 g/mol. The number of amides is 2. The van der Waals surface area contributed by atoms with Crippen LogP contribution < -0.4 is 5.32 Å². The molecule has 0 aliphatic carbocycles. The number of rotatable bonds is 4. The molecule has 1 aliphatic heterocycles. The Morgan fingerprint density at radius 2 is 2.23 bits per heavy atom. The zero-order valence-electron chi connectivity index (χ0n) is 12.0. The summed E-state index contributed by atoms with van der Waals surface area (Å²) in [6, 6.07) is 9.42. The molecule has 3 rings (SSSR count). The zero-order valence-corrected chi connectivity index (χ0v) is 12.0. The number of nitrogens with zero attached hydrogens (tertiary/aromatic N) is 5. The van der Waals surface area contributed by atoms with Gasteiger partial charge < -0.3 is 4.90 Å². The second-order valence-electron chi connectivity index (χ2n) is 5.26. The Balaban J connectivity index is 1.59. The highest BCUT2D eigenvalue weighted by Crippen LogP contribution is 2.20. The quantitative estimate of drug-likeness (QED) is 0.930. The van der Waals surface area contributed by atoms with Gasteiger partial charge in [0, 0.05) is 37.7 Å². The van der Waals surface area contributed by atoms with Crippen LogP contribution in [0, 0.1) is 17.2 Å². The summed E-state index contributed by atoms with van der Waals surface area (Å²) in [6.45, 7) is 1.77. The van der Waals surface area contributed by atoms with Crippen LogP contribution in [0.25, 0.3) is 0 Å². The van der Waals surface area contributed by atoms with E-state index in [1.165, 1.54) is 0 Å². The molecule has 112 valence electrons. The maximum atomic E-state index is 12.1. The van der Waals surface area contributed by atoms with Crippen molar-refractivity contribution in [2.24, 2.45) is 5.92 Å². The smallest absolute Gasteiger partial charge is 0.323 e.